The predicted octanol–water partition coefficient (Wildman–Crippen LogP) is 1.05. The molecule has 1 heterocycles. The molecular weight excluding hydrogens is 218 g/mol. The Kier molecular flexibility index (Phi) is 3.44. The van der Waals surface area contributed by atoms with Crippen LogP contribution in [0.1, 0.15) is 5.82 Å². The number of benzene rings is 1. The molecule has 0 aliphatic rings. The first-order valence-corrected chi connectivity index (χ1v) is 5.31. The van der Waals surface area contributed by atoms with Crippen LogP contribution in [0.15, 0.2) is 24.5 Å². The Labute approximate surface area is 99.2 Å². The van der Waals surface area contributed by atoms with E-state index < -0.39 is 0 Å². The molecular formula is C11H15N5O. The summed E-state index contributed by atoms with van der Waals surface area (Å²) in [6.07, 6.45) is 2.27. The molecule has 0 saturated carbocycles. The highest BCUT2D eigenvalue weighted by Gasteiger charge is 2.01. The zero-order valence-corrected chi connectivity index (χ0v) is 9.60. The lowest BCUT2D eigenvalue weighted by Crippen LogP contribution is -2.07. The van der Waals surface area contributed by atoms with Crippen molar-refractivity contribution in [1.29, 1.82) is 0 Å². The van der Waals surface area contributed by atoms with E-state index in [4.69, 9.17) is 10.5 Å². The maximum Gasteiger partial charge on any atom is 0.137 e. The Bertz CT molecular complexity index is 469. The van der Waals surface area contributed by atoms with Gasteiger partial charge >= 0.3 is 0 Å². The van der Waals surface area contributed by atoms with Crippen molar-refractivity contribution < 1.29 is 4.74 Å². The first-order chi connectivity index (χ1) is 8.29. The largest absolute Gasteiger partial charge is 0.497 e. The van der Waals surface area contributed by atoms with Gasteiger partial charge in [-0.15, -0.1) is 0 Å². The second kappa shape index (κ2) is 5.20. The van der Waals surface area contributed by atoms with Crippen molar-refractivity contribution in [3.05, 3.63) is 30.4 Å². The van der Waals surface area contributed by atoms with Crippen molar-refractivity contribution in [2.45, 2.75) is 6.42 Å². The molecule has 0 amide bonds. The molecule has 6 heteroatoms. The van der Waals surface area contributed by atoms with Gasteiger partial charge in [-0.25, -0.2) is 4.98 Å². The standard InChI is InChI=1S/C11H15N5O/c1-17-8-2-3-10(9(12)6-8)13-5-4-11-14-7-15-16-11/h2-3,6-7,13H,4-5,12H2,1H3,(H,14,15,16). The molecule has 17 heavy (non-hydrogen) atoms. The van der Waals surface area contributed by atoms with Crippen molar-refractivity contribution in [2.24, 2.45) is 0 Å². The van der Waals surface area contributed by atoms with E-state index in [2.05, 4.69) is 20.5 Å². The minimum absolute atomic E-state index is 0.668. The van der Waals surface area contributed by atoms with Crippen LogP contribution in [0.4, 0.5) is 11.4 Å². The minimum atomic E-state index is 0.668. The van der Waals surface area contributed by atoms with Crippen LogP contribution in [-0.2, 0) is 6.42 Å². The highest BCUT2D eigenvalue weighted by atomic mass is 16.5. The number of hydrogen-bond donors (Lipinski definition) is 3. The summed E-state index contributed by atoms with van der Waals surface area (Å²) in [5.74, 6) is 1.60. The van der Waals surface area contributed by atoms with E-state index in [0.717, 1.165) is 30.2 Å². The SMILES string of the molecule is COc1ccc(NCCc2ncn[nH]2)c(N)c1. The van der Waals surface area contributed by atoms with E-state index in [9.17, 15) is 0 Å². The lowest BCUT2D eigenvalue weighted by atomic mass is 10.2. The number of nitrogens with one attached hydrogen (secondary N) is 2. The van der Waals surface area contributed by atoms with E-state index in [-0.39, 0.29) is 0 Å². The minimum Gasteiger partial charge on any atom is -0.497 e. The Morgan fingerprint density at radius 1 is 1.47 bits per heavy atom. The Hall–Kier alpha value is -2.24. The van der Waals surface area contributed by atoms with E-state index in [0.29, 0.717) is 5.69 Å². The molecule has 0 aliphatic carbocycles. The van der Waals surface area contributed by atoms with Gasteiger partial charge in [-0.1, -0.05) is 0 Å². The molecule has 0 saturated heterocycles. The predicted molar refractivity (Wildman–Crippen MR) is 66.0 cm³/mol. The van der Waals surface area contributed by atoms with Gasteiger partial charge in [0.15, 0.2) is 0 Å². The molecule has 0 aliphatic heterocycles. The number of nitrogen functional groups attached to an aromatic ring is 1. The summed E-state index contributed by atoms with van der Waals surface area (Å²) in [4.78, 5) is 4.04. The summed E-state index contributed by atoms with van der Waals surface area (Å²) < 4.78 is 5.08. The average Bonchev–Trinajstić information content (AvgIpc) is 2.84. The molecule has 4 N–H and O–H groups in total. The normalized spacial score (nSPS) is 10.2. The Morgan fingerprint density at radius 2 is 2.35 bits per heavy atom. The van der Waals surface area contributed by atoms with E-state index in [1.165, 1.54) is 6.33 Å². The molecule has 2 rings (SSSR count). The molecule has 1 aromatic heterocycles. The van der Waals surface area contributed by atoms with Crippen LogP contribution >= 0.6 is 0 Å². The van der Waals surface area contributed by atoms with Crippen molar-refractivity contribution in [3.8, 4) is 5.75 Å². The second-order valence-corrected chi connectivity index (χ2v) is 3.56. The van der Waals surface area contributed by atoms with Gasteiger partial charge in [0.25, 0.3) is 0 Å². The second-order valence-electron chi connectivity index (χ2n) is 3.56. The monoisotopic (exact) mass is 233 g/mol. The van der Waals surface area contributed by atoms with Crippen molar-refractivity contribution in [1.82, 2.24) is 15.2 Å². The molecule has 6 nitrogen and oxygen atoms in total. The molecule has 0 bridgehead atoms. The van der Waals surface area contributed by atoms with Crippen LogP contribution in [0, 0.1) is 0 Å². The Morgan fingerprint density at radius 3 is 3.00 bits per heavy atom. The van der Waals surface area contributed by atoms with Gasteiger partial charge in [0.1, 0.15) is 17.9 Å². The highest BCUT2D eigenvalue weighted by molar-refractivity contribution is 5.68. The summed E-state index contributed by atoms with van der Waals surface area (Å²) in [5, 5.41) is 9.82. The number of rotatable bonds is 5. The van der Waals surface area contributed by atoms with Crippen LogP contribution in [0.3, 0.4) is 0 Å². The maximum atomic E-state index is 5.88. The van der Waals surface area contributed by atoms with Gasteiger partial charge in [0.05, 0.1) is 18.5 Å². The fourth-order valence-corrected chi connectivity index (χ4v) is 1.50. The fraction of sp³-hybridized carbons (Fsp3) is 0.273. The first kappa shape index (κ1) is 11.3. The van der Waals surface area contributed by atoms with Gasteiger partial charge in [0, 0.05) is 19.0 Å². The van der Waals surface area contributed by atoms with Gasteiger partial charge in [-0.3, -0.25) is 5.10 Å². The number of methoxy groups -OCH3 is 1. The van der Waals surface area contributed by atoms with E-state index in [1.54, 1.807) is 13.2 Å². The van der Waals surface area contributed by atoms with Crippen LogP contribution in [0.2, 0.25) is 0 Å². The molecule has 2 aromatic rings. The maximum absolute atomic E-state index is 5.88. The highest BCUT2D eigenvalue weighted by Crippen LogP contribution is 2.23. The third-order valence-corrected chi connectivity index (χ3v) is 2.40. The number of aromatic nitrogens is 3. The number of ether oxygens (including phenoxy) is 1. The number of nitrogens with two attached hydrogens (primary N) is 1. The summed E-state index contributed by atoms with van der Waals surface area (Å²) in [6.45, 7) is 0.742. The number of hydrogen-bond acceptors (Lipinski definition) is 5. The summed E-state index contributed by atoms with van der Waals surface area (Å²) in [6, 6.07) is 5.55. The molecule has 0 radical (unpaired) electrons. The summed E-state index contributed by atoms with van der Waals surface area (Å²) >= 11 is 0. The van der Waals surface area contributed by atoms with E-state index >= 15 is 0 Å². The van der Waals surface area contributed by atoms with Gasteiger partial charge in [-0.05, 0) is 12.1 Å². The molecule has 90 valence electrons. The van der Waals surface area contributed by atoms with Crippen molar-refractivity contribution in [2.75, 3.05) is 24.7 Å². The van der Waals surface area contributed by atoms with Crippen LogP contribution in [-0.4, -0.2) is 28.8 Å². The van der Waals surface area contributed by atoms with Crippen LogP contribution < -0.4 is 15.8 Å². The quantitative estimate of drug-likeness (QED) is 0.672. The molecule has 0 spiro atoms. The van der Waals surface area contributed by atoms with Crippen molar-refractivity contribution >= 4 is 11.4 Å². The summed E-state index contributed by atoms with van der Waals surface area (Å²) in [5.41, 5.74) is 7.44. The third-order valence-electron chi connectivity index (χ3n) is 2.40. The third kappa shape index (κ3) is 2.87. The van der Waals surface area contributed by atoms with E-state index in [1.807, 2.05) is 12.1 Å². The Balaban J connectivity index is 1.90. The first-order valence-electron chi connectivity index (χ1n) is 5.31. The molecule has 0 atom stereocenters. The number of H-pyrrole nitrogens is 1. The average molecular weight is 233 g/mol. The molecule has 0 unspecified atom stereocenters. The van der Waals surface area contributed by atoms with Gasteiger partial charge < -0.3 is 15.8 Å². The smallest absolute Gasteiger partial charge is 0.137 e. The van der Waals surface area contributed by atoms with Gasteiger partial charge in [0.2, 0.25) is 0 Å². The topological polar surface area (TPSA) is 88.8 Å². The number of nitrogens with zero attached hydrogens (tertiary/aromatic N) is 2. The zero-order valence-electron chi connectivity index (χ0n) is 9.60. The van der Waals surface area contributed by atoms with Crippen molar-refractivity contribution in [3.63, 3.8) is 0 Å². The lowest BCUT2D eigenvalue weighted by Gasteiger charge is -2.09. The molecule has 0 fully saturated rings. The van der Waals surface area contributed by atoms with Crippen LogP contribution in [0.5, 0.6) is 5.75 Å². The lowest BCUT2D eigenvalue weighted by molar-refractivity contribution is 0.415. The summed E-state index contributed by atoms with van der Waals surface area (Å²) in [7, 11) is 1.62. The van der Waals surface area contributed by atoms with Crippen LogP contribution in [0.25, 0.3) is 0 Å². The molecule has 1 aromatic carbocycles. The fourth-order valence-electron chi connectivity index (χ4n) is 1.50. The van der Waals surface area contributed by atoms with Gasteiger partial charge in [-0.2, -0.15) is 5.10 Å². The zero-order chi connectivity index (χ0) is 12.1. The number of aromatic amines is 1. The number of anilines is 2.